The summed E-state index contributed by atoms with van der Waals surface area (Å²) in [6, 6.07) is 0. The van der Waals surface area contributed by atoms with Crippen molar-refractivity contribution >= 4 is 11.6 Å². The van der Waals surface area contributed by atoms with E-state index in [1.165, 1.54) is 4.68 Å². The summed E-state index contributed by atoms with van der Waals surface area (Å²) in [7, 11) is 0. The highest BCUT2D eigenvalue weighted by Crippen LogP contribution is 2.16. The van der Waals surface area contributed by atoms with Gasteiger partial charge in [0.2, 0.25) is 0 Å². The van der Waals surface area contributed by atoms with Crippen molar-refractivity contribution in [1.29, 1.82) is 0 Å². The first-order valence-corrected chi connectivity index (χ1v) is 6.53. The van der Waals surface area contributed by atoms with Crippen LogP contribution in [-0.2, 0) is 12.0 Å². The molecule has 1 heterocycles. The molecule has 17 heavy (non-hydrogen) atoms. The van der Waals surface area contributed by atoms with Crippen LogP contribution < -0.4 is 5.56 Å². The van der Waals surface area contributed by atoms with Crippen LogP contribution in [0.15, 0.2) is 11.0 Å². The van der Waals surface area contributed by atoms with Gasteiger partial charge in [-0.15, -0.1) is 0 Å². The van der Waals surface area contributed by atoms with Crippen LogP contribution in [0.1, 0.15) is 52.5 Å². The van der Waals surface area contributed by atoms with Gasteiger partial charge in [-0.1, -0.05) is 31.4 Å². The van der Waals surface area contributed by atoms with Gasteiger partial charge < -0.3 is 0 Å². The number of nitrogens with zero attached hydrogens (tertiary/aromatic N) is 2. The van der Waals surface area contributed by atoms with Crippen LogP contribution in [0.2, 0.25) is 5.02 Å². The molecule has 96 valence electrons. The molecule has 0 atom stereocenters. The molecule has 0 N–H and O–H groups in total. The Kier molecular flexibility index (Phi) is 4.75. The quantitative estimate of drug-likeness (QED) is 0.774. The highest BCUT2D eigenvalue weighted by atomic mass is 35.5. The van der Waals surface area contributed by atoms with Crippen LogP contribution in [0.5, 0.6) is 0 Å². The zero-order chi connectivity index (χ0) is 13.1. The Hall–Kier alpha value is -0.830. The lowest BCUT2D eigenvalue weighted by atomic mass is 10.1. The molecule has 0 aromatic carbocycles. The monoisotopic (exact) mass is 256 g/mol. The summed E-state index contributed by atoms with van der Waals surface area (Å²) in [5.41, 5.74) is 0.340. The van der Waals surface area contributed by atoms with E-state index >= 15 is 0 Å². The van der Waals surface area contributed by atoms with Gasteiger partial charge in [0.05, 0.1) is 16.8 Å². The third-order valence-electron chi connectivity index (χ3n) is 2.69. The predicted molar refractivity (Wildman–Crippen MR) is 71.7 cm³/mol. The standard InChI is InChI=1S/C13H21ClN2O/c1-5-6-7-8-10-11(14)9-15-16(12(10)17)13(2,3)4/h9H,5-8H2,1-4H3. The molecule has 0 aliphatic carbocycles. The first-order chi connectivity index (χ1) is 7.88. The van der Waals surface area contributed by atoms with Crippen molar-refractivity contribution in [1.82, 2.24) is 9.78 Å². The molecular formula is C13H21ClN2O. The lowest BCUT2D eigenvalue weighted by Gasteiger charge is -2.21. The minimum absolute atomic E-state index is 0.0545. The molecule has 0 radical (unpaired) electrons. The average molecular weight is 257 g/mol. The summed E-state index contributed by atoms with van der Waals surface area (Å²) < 4.78 is 1.51. The number of rotatable bonds is 4. The summed E-state index contributed by atoms with van der Waals surface area (Å²) >= 11 is 6.05. The Labute approximate surface area is 108 Å². The summed E-state index contributed by atoms with van der Waals surface area (Å²) in [5.74, 6) is 0. The lowest BCUT2D eigenvalue weighted by Crippen LogP contribution is -2.37. The van der Waals surface area contributed by atoms with E-state index in [1.807, 2.05) is 20.8 Å². The number of halogens is 1. The first-order valence-electron chi connectivity index (χ1n) is 6.15. The van der Waals surface area contributed by atoms with Crippen LogP contribution in [0.4, 0.5) is 0 Å². The van der Waals surface area contributed by atoms with Crippen LogP contribution in [0.3, 0.4) is 0 Å². The molecule has 0 amide bonds. The molecule has 0 fully saturated rings. The molecule has 0 spiro atoms. The Balaban J connectivity index is 3.08. The third kappa shape index (κ3) is 3.56. The summed E-state index contributed by atoms with van der Waals surface area (Å²) in [6.07, 6.45) is 5.57. The summed E-state index contributed by atoms with van der Waals surface area (Å²) in [6.45, 7) is 8.03. The molecule has 0 unspecified atom stereocenters. The van der Waals surface area contributed by atoms with Gasteiger partial charge in [-0.25, -0.2) is 4.68 Å². The average Bonchev–Trinajstić information content (AvgIpc) is 2.21. The number of hydrogen-bond donors (Lipinski definition) is 0. The summed E-state index contributed by atoms with van der Waals surface area (Å²) in [5, 5.41) is 4.60. The van der Waals surface area contributed by atoms with Crippen molar-refractivity contribution in [3.63, 3.8) is 0 Å². The minimum atomic E-state index is -0.304. The van der Waals surface area contributed by atoms with E-state index in [0.717, 1.165) is 25.7 Å². The fourth-order valence-corrected chi connectivity index (χ4v) is 1.94. The molecule has 1 aromatic rings. The third-order valence-corrected chi connectivity index (χ3v) is 3.02. The van der Waals surface area contributed by atoms with Gasteiger partial charge in [-0.3, -0.25) is 4.79 Å². The smallest absolute Gasteiger partial charge is 0.267 e. The zero-order valence-electron chi connectivity index (χ0n) is 11.1. The van der Waals surface area contributed by atoms with E-state index in [4.69, 9.17) is 11.6 Å². The van der Waals surface area contributed by atoms with E-state index in [1.54, 1.807) is 6.20 Å². The maximum Gasteiger partial charge on any atom is 0.271 e. The normalized spacial score (nSPS) is 11.8. The fraction of sp³-hybridized carbons (Fsp3) is 0.692. The molecule has 1 aromatic heterocycles. The van der Waals surface area contributed by atoms with Gasteiger partial charge in [0.15, 0.2) is 0 Å². The van der Waals surface area contributed by atoms with Gasteiger partial charge in [-0.05, 0) is 33.6 Å². The second kappa shape index (κ2) is 5.67. The Morgan fingerprint density at radius 2 is 2.00 bits per heavy atom. The van der Waals surface area contributed by atoms with Gasteiger partial charge in [0.1, 0.15) is 0 Å². The highest BCUT2D eigenvalue weighted by Gasteiger charge is 2.19. The zero-order valence-corrected chi connectivity index (χ0v) is 11.8. The largest absolute Gasteiger partial charge is 0.271 e. The Morgan fingerprint density at radius 3 is 2.53 bits per heavy atom. The van der Waals surface area contributed by atoms with Gasteiger partial charge in [0, 0.05) is 5.56 Å². The molecule has 0 bridgehead atoms. The molecule has 0 saturated heterocycles. The van der Waals surface area contributed by atoms with Crippen molar-refractivity contribution in [3.8, 4) is 0 Å². The predicted octanol–water partition coefficient (Wildman–Crippen LogP) is 3.38. The fourth-order valence-electron chi connectivity index (χ4n) is 1.72. The molecule has 1 rings (SSSR count). The molecule has 4 heteroatoms. The van der Waals surface area contributed by atoms with Crippen molar-refractivity contribution in [2.75, 3.05) is 0 Å². The second-order valence-electron chi connectivity index (χ2n) is 5.32. The lowest BCUT2D eigenvalue weighted by molar-refractivity contribution is 0.335. The highest BCUT2D eigenvalue weighted by molar-refractivity contribution is 6.31. The van der Waals surface area contributed by atoms with Crippen LogP contribution in [-0.4, -0.2) is 9.78 Å². The van der Waals surface area contributed by atoms with E-state index in [0.29, 0.717) is 10.6 Å². The molecule has 0 saturated carbocycles. The van der Waals surface area contributed by atoms with Crippen molar-refractivity contribution < 1.29 is 0 Å². The van der Waals surface area contributed by atoms with E-state index in [2.05, 4.69) is 12.0 Å². The van der Waals surface area contributed by atoms with Crippen molar-refractivity contribution in [3.05, 3.63) is 27.1 Å². The SMILES string of the molecule is CCCCCc1c(Cl)cnn(C(C)(C)C)c1=O. The Bertz CT molecular complexity index is 432. The van der Waals surface area contributed by atoms with Crippen molar-refractivity contribution in [2.24, 2.45) is 0 Å². The van der Waals surface area contributed by atoms with E-state index in [-0.39, 0.29) is 11.1 Å². The number of unbranched alkanes of at least 4 members (excludes halogenated alkanes) is 2. The molecular weight excluding hydrogens is 236 g/mol. The van der Waals surface area contributed by atoms with Gasteiger partial charge in [-0.2, -0.15) is 5.10 Å². The Morgan fingerprint density at radius 1 is 1.35 bits per heavy atom. The van der Waals surface area contributed by atoms with Crippen LogP contribution >= 0.6 is 11.6 Å². The van der Waals surface area contributed by atoms with E-state index in [9.17, 15) is 4.79 Å². The van der Waals surface area contributed by atoms with E-state index < -0.39 is 0 Å². The molecule has 0 aliphatic rings. The number of hydrogen-bond acceptors (Lipinski definition) is 2. The second-order valence-corrected chi connectivity index (χ2v) is 5.72. The van der Waals surface area contributed by atoms with Crippen LogP contribution in [0, 0.1) is 0 Å². The summed E-state index contributed by atoms with van der Waals surface area (Å²) in [4.78, 5) is 12.2. The minimum Gasteiger partial charge on any atom is -0.267 e. The van der Waals surface area contributed by atoms with Crippen molar-refractivity contribution in [2.45, 2.75) is 58.9 Å². The first kappa shape index (κ1) is 14.2. The van der Waals surface area contributed by atoms with Crippen LogP contribution in [0.25, 0.3) is 0 Å². The molecule has 0 aliphatic heterocycles. The maximum atomic E-state index is 12.2. The maximum absolute atomic E-state index is 12.2. The molecule has 3 nitrogen and oxygen atoms in total. The topological polar surface area (TPSA) is 34.9 Å². The van der Waals surface area contributed by atoms with Gasteiger partial charge >= 0.3 is 0 Å². The number of aromatic nitrogens is 2. The van der Waals surface area contributed by atoms with Gasteiger partial charge in [0.25, 0.3) is 5.56 Å².